The Bertz CT molecular complexity index is 1280. The molecule has 1 aliphatic heterocycles. The lowest BCUT2D eigenvalue weighted by molar-refractivity contribution is -0.141. The predicted octanol–water partition coefficient (Wildman–Crippen LogP) is 2.56. The first-order chi connectivity index (χ1) is 15.5. The number of amides is 1. The van der Waals surface area contributed by atoms with E-state index in [9.17, 15) is 14.4 Å². The lowest BCUT2D eigenvalue weighted by Crippen LogP contribution is -2.22. The summed E-state index contributed by atoms with van der Waals surface area (Å²) >= 11 is 1.18. The Balaban J connectivity index is 1.77. The normalized spacial score (nSPS) is 13.1. The van der Waals surface area contributed by atoms with Gasteiger partial charge in [0.25, 0.3) is 5.91 Å². The lowest BCUT2D eigenvalue weighted by Gasteiger charge is -2.18. The predicted molar refractivity (Wildman–Crippen MR) is 115 cm³/mol. The summed E-state index contributed by atoms with van der Waals surface area (Å²) in [5.41, 5.74) is 1.33. The molecule has 9 nitrogen and oxygen atoms in total. The van der Waals surface area contributed by atoms with Crippen molar-refractivity contribution in [3.8, 4) is 11.5 Å². The highest BCUT2D eigenvalue weighted by atomic mass is 32.1. The summed E-state index contributed by atoms with van der Waals surface area (Å²) in [5, 5.41) is 0. The number of rotatable bonds is 5. The Hall–Kier alpha value is -3.66. The van der Waals surface area contributed by atoms with Gasteiger partial charge in [-0.1, -0.05) is 11.3 Å². The van der Waals surface area contributed by atoms with Gasteiger partial charge in [0.15, 0.2) is 16.3 Å². The van der Waals surface area contributed by atoms with Gasteiger partial charge in [-0.2, -0.15) is 4.99 Å². The molecule has 2 aromatic carbocycles. The molecular weight excluding hydrogens is 436 g/mol. The average Bonchev–Trinajstić information content (AvgIpc) is 3.14. The molecule has 166 valence electrons. The fourth-order valence-electron chi connectivity index (χ4n) is 3.17. The maximum atomic E-state index is 12.9. The number of carbonyl (C=O) groups excluding carboxylic acids is 3. The monoisotopic (exact) mass is 456 g/mol. The average molecular weight is 456 g/mol. The van der Waals surface area contributed by atoms with Crippen molar-refractivity contribution < 1.29 is 33.3 Å². The molecule has 1 aliphatic rings. The van der Waals surface area contributed by atoms with Gasteiger partial charge in [0.1, 0.15) is 19.8 Å². The molecule has 32 heavy (non-hydrogen) atoms. The molecule has 0 saturated heterocycles. The molecule has 0 fully saturated rings. The summed E-state index contributed by atoms with van der Waals surface area (Å²) in [6.07, 6.45) is 0. The zero-order valence-electron chi connectivity index (χ0n) is 17.5. The van der Waals surface area contributed by atoms with Crippen LogP contribution in [0.15, 0.2) is 41.4 Å². The van der Waals surface area contributed by atoms with Crippen LogP contribution in [0.25, 0.3) is 10.2 Å². The van der Waals surface area contributed by atoms with E-state index in [4.69, 9.17) is 18.9 Å². The van der Waals surface area contributed by atoms with Crippen molar-refractivity contribution >= 4 is 39.4 Å². The fraction of sp³-hybridized carbons (Fsp3) is 0.273. The summed E-state index contributed by atoms with van der Waals surface area (Å²) in [7, 11) is 1.29. The van der Waals surface area contributed by atoms with E-state index < -0.39 is 17.8 Å². The maximum absolute atomic E-state index is 12.9. The van der Waals surface area contributed by atoms with Gasteiger partial charge in [-0.25, -0.2) is 4.79 Å². The van der Waals surface area contributed by atoms with Crippen LogP contribution < -0.4 is 14.3 Å². The number of nitrogens with zero attached hydrogens (tertiary/aromatic N) is 2. The standard InChI is InChI=1S/C22H20N2O7S/c1-3-29-21(27)14-4-6-15-18(11-14)32-22(24(15)12-19(25)28-2)23-20(26)13-5-7-16-17(10-13)31-9-8-30-16/h4-7,10-11H,3,8-9,12H2,1-2H3. The van der Waals surface area contributed by atoms with Gasteiger partial charge < -0.3 is 23.5 Å². The molecule has 4 rings (SSSR count). The third kappa shape index (κ3) is 4.35. The Morgan fingerprint density at radius 2 is 1.81 bits per heavy atom. The molecule has 0 spiro atoms. The minimum atomic E-state index is -0.502. The summed E-state index contributed by atoms with van der Waals surface area (Å²) in [4.78, 5) is 41.5. The molecule has 0 unspecified atom stereocenters. The highest BCUT2D eigenvalue weighted by Crippen LogP contribution is 2.31. The van der Waals surface area contributed by atoms with E-state index in [0.717, 1.165) is 0 Å². The van der Waals surface area contributed by atoms with Gasteiger partial charge in [0.2, 0.25) is 0 Å². The number of hydrogen-bond donors (Lipinski definition) is 0. The number of esters is 2. The molecule has 2 heterocycles. The molecule has 10 heteroatoms. The van der Waals surface area contributed by atoms with Crippen molar-refractivity contribution in [1.29, 1.82) is 0 Å². The number of aromatic nitrogens is 1. The van der Waals surface area contributed by atoms with Gasteiger partial charge >= 0.3 is 11.9 Å². The Morgan fingerprint density at radius 3 is 2.56 bits per heavy atom. The Kier molecular flexibility index (Phi) is 6.22. The van der Waals surface area contributed by atoms with Gasteiger partial charge in [-0.15, -0.1) is 0 Å². The fourth-order valence-corrected chi connectivity index (χ4v) is 4.24. The molecule has 1 aromatic heterocycles. The van der Waals surface area contributed by atoms with E-state index in [1.807, 2.05) is 0 Å². The number of methoxy groups -OCH3 is 1. The second kappa shape index (κ2) is 9.23. The van der Waals surface area contributed by atoms with Crippen LogP contribution >= 0.6 is 11.3 Å². The molecule has 0 radical (unpaired) electrons. The van der Waals surface area contributed by atoms with Crippen molar-refractivity contribution in [3.05, 3.63) is 52.3 Å². The first-order valence-corrected chi connectivity index (χ1v) is 10.7. The van der Waals surface area contributed by atoms with Crippen LogP contribution in [0.4, 0.5) is 0 Å². The summed E-state index contributed by atoms with van der Waals surface area (Å²) in [5.74, 6) is -0.393. The number of hydrogen-bond acceptors (Lipinski definition) is 8. The molecule has 0 aliphatic carbocycles. The van der Waals surface area contributed by atoms with Gasteiger partial charge in [0, 0.05) is 5.56 Å². The Labute approximate surface area is 186 Å². The largest absolute Gasteiger partial charge is 0.486 e. The van der Waals surface area contributed by atoms with Crippen molar-refractivity contribution in [1.82, 2.24) is 4.57 Å². The van der Waals surface area contributed by atoms with Gasteiger partial charge in [0.05, 0.1) is 29.5 Å². The van der Waals surface area contributed by atoms with E-state index in [2.05, 4.69) is 4.99 Å². The molecule has 0 N–H and O–H groups in total. The van der Waals surface area contributed by atoms with Crippen molar-refractivity contribution in [3.63, 3.8) is 0 Å². The van der Waals surface area contributed by atoms with Crippen LogP contribution in [0.3, 0.4) is 0 Å². The Morgan fingerprint density at radius 1 is 1.06 bits per heavy atom. The third-order valence-corrected chi connectivity index (χ3v) is 5.74. The quantitative estimate of drug-likeness (QED) is 0.543. The third-order valence-electron chi connectivity index (χ3n) is 4.70. The molecule has 0 saturated carbocycles. The molecule has 0 bridgehead atoms. The number of benzene rings is 2. The minimum Gasteiger partial charge on any atom is -0.486 e. The molecular formula is C22H20N2O7S. The summed E-state index contributed by atoms with van der Waals surface area (Å²) in [6.45, 7) is 2.71. The van der Waals surface area contributed by atoms with Crippen LogP contribution in [-0.2, 0) is 20.8 Å². The zero-order chi connectivity index (χ0) is 22.7. The van der Waals surface area contributed by atoms with E-state index >= 15 is 0 Å². The zero-order valence-corrected chi connectivity index (χ0v) is 18.3. The van der Waals surface area contributed by atoms with E-state index in [1.165, 1.54) is 18.4 Å². The van der Waals surface area contributed by atoms with Crippen LogP contribution in [0.5, 0.6) is 11.5 Å². The van der Waals surface area contributed by atoms with Crippen LogP contribution in [0.2, 0.25) is 0 Å². The first kappa shape index (κ1) is 21.6. The molecule has 0 atom stereocenters. The van der Waals surface area contributed by atoms with E-state index in [1.54, 1.807) is 47.9 Å². The van der Waals surface area contributed by atoms with Gasteiger partial charge in [-0.3, -0.25) is 9.59 Å². The second-order valence-electron chi connectivity index (χ2n) is 6.73. The van der Waals surface area contributed by atoms with Crippen molar-refractivity contribution in [2.45, 2.75) is 13.5 Å². The number of carbonyl (C=O) groups is 3. The smallest absolute Gasteiger partial charge is 0.338 e. The summed E-state index contributed by atoms with van der Waals surface area (Å²) in [6, 6.07) is 9.80. The molecule has 3 aromatic rings. The molecule has 1 amide bonds. The lowest BCUT2D eigenvalue weighted by atomic mass is 10.2. The minimum absolute atomic E-state index is 0.136. The van der Waals surface area contributed by atoms with Gasteiger partial charge in [-0.05, 0) is 43.3 Å². The highest BCUT2D eigenvalue weighted by Gasteiger charge is 2.17. The number of fused-ring (bicyclic) bond motifs is 2. The topological polar surface area (TPSA) is 105 Å². The second-order valence-corrected chi connectivity index (χ2v) is 7.73. The SMILES string of the molecule is CCOC(=O)c1ccc2c(c1)sc(=NC(=O)c1ccc3c(c1)OCCO3)n2CC(=O)OC. The van der Waals surface area contributed by atoms with Crippen molar-refractivity contribution in [2.24, 2.45) is 4.99 Å². The maximum Gasteiger partial charge on any atom is 0.338 e. The van der Waals surface area contributed by atoms with Crippen LogP contribution in [0, 0.1) is 0 Å². The van der Waals surface area contributed by atoms with E-state index in [0.29, 0.717) is 50.9 Å². The van der Waals surface area contributed by atoms with E-state index in [-0.39, 0.29) is 13.2 Å². The number of thiazole rings is 1. The number of ether oxygens (including phenoxy) is 4. The first-order valence-electron chi connectivity index (χ1n) is 9.86. The highest BCUT2D eigenvalue weighted by molar-refractivity contribution is 7.16. The van der Waals surface area contributed by atoms with Crippen LogP contribution in [0.1, 0.15) is 27.6 Å². The van der Waals surface area contributed by atoms with Crippen molar-refractivity contribution in [2.75, 3.05) is 26.9 Å². The summed E-state index contributed by atoms with van der Waals surface area (Å²) < 4.78 is 23.1. The van der Waals surface area contributed by atoms with Crippen LogP contribution in [-0.4, -0.2) is 49.3 Å².